The molecule has 2 heterocycles. The summed E-state index contributed by atoms with van der Waals surface area (Å²) in [5.74, 6) is 0. The average molecular weight is 1490 g/mol. The molecule has 0 bridgehead atoms. The minimum Gasteiger partial charge on any atom is -0.310 e. The predicted molar refractivity (Wildman–Crippen MR) is 491 cm³/mol. The lowest BCUT2D eigenvalue weighted by molar-refractivity contribution is 1.28. The summed E-state index contributed by atoms with van der Waals surface area (Å²) in [5, 5.41) is 9.98. The first-order valence-electron chi connectivity index (χ1n) is 39.0. The van der Waals surface area contributed by atoms with Crippen molar-refractivity contribution >= 4 is 119 Å². The summed E-state index contributed by atoms with van der Waals surface area (Å²) < 4.78 is 5.13. The van der Waals surface area contributed by atoms with Crippen LogP contribution in [0.4, 0.5) is 34.1 Å². The molecule has 0 aliphatic heterocycles. The zero-order valence-electron chi connectivity index (χ0n) is 62.3. The molecule has 0 saturated heterocycles. The van der Waals surface area contributed by atoms with Crippen LogP contribution in [-0.2, 0) is 0 Å². The Balaban J connectivity index is 0.586. The van der Waals surface area contributed by atoms with E-state index in [1.54, 1.807) is 0 Å². The van der Waals surface area contributed by atoms with Crippen LogP contribution in [-0.4, -0.2) is 0 Å². The molecule has 0 aliphatic carbocycles. The van der Waals surface area contributed by atoms with E-state index in [2.05, 4.69) is 447 Å². The van der Waals surface area contributed by atoms with E-state index in [0.717, 1.165) is 50.8 Å². The largest absolute Gasteiger partial charge is 0.310 e. The molecule has 0 spiro atoms. The lowest BCUT2D eigenvalue weighted by Gasteiger charge is -2.28. The third-order valence-corrected chi connectivity index (χ3v) is 25.2. The quantitative estimate of drug-likeness (QED) is 0.0951. The van der Waals surface area contributed by atoms with Crippen LogP contribution in [0.1, 0.15) is 0 Å². The van der Waals surface area contributed by atoms with E-state index in [1.807, 2.05) is 22.7 Å². The minimum absolute atomic E-state index is 1.08. The number of thiophene rings is 2. The van der Waals surface area contributed by atoms with Gasteiger partial charge in [-0.05, 0) is 195 Å². The first-order chi connectivity index (χ1) is 56.5. The lowest BCUT2D eigenvalue weighted by Crippen LogP contribution is -2.11. The second-order valence-corrected chi connectivity index (χ2v) is 31.5. The van der Waals surface area contributed by atoms with Crippen molar-refractivity contribution in [3.63, 3.8) is 0 Å². The van der Waals surface area contributed by atoms with Crippen molar-refractivity contribution in [1.82, 2.24) is 0 Å². The van der Waals surface area contributed by atoms with Gasteiger partial charge in [0.15, 0.2) is 0 Å². The van der Waals surface area contributed by atoms with Crippen LogP contribution in [0.15, 0.2) is 437 Å². The molecule has 21 aromatic rings. The Hall–Kier alpha value is -14.3. The van der Waals surface area contributed by atoms with Crippen molar-refractivity contribution in [3.05, 3.63) is 437 Å². The van der Waals surface area contributed by atoms with Gasteiger partial charge in [0.25, 0.3) is 0 Å². The average Bonchev–Trinajstić information content (AvgIpc) is 1.58. The molecule has 19 aromatic carbocycles. The highest BCUT2D eigenvalue weighted by Gasteiger charge is 2.24. The fraction of sp³-hybridized carbons (Fsp3) is 0. The van der Waals surface area contributed by atoms with Gasteiger partial charge >= 0.3 is 0 Å². The zero-order chi connectivity index (χ0) is 75.4. The summed E-state index contributed by atoms with van der Waals surface area (Å²) in [5.41, 5.74) is 30.3. The lowest BCUT2D eigenvalue weighted by atomic mass is 9.95. The van der Waals surface area contributed by atoms with Crippen molar-refractivity contribution in [2.24, 2.45) is 0 Å². The van der Waals surface area contributed by atoms with E-state index >= 15 is 0 Å². The summed E-state index contributed by atoms with van der Waals surface area (Å²) in [6.45, 7) is 0. The Kier molecular flexibility index (Phi) is 17.4. The number of para-hydroxylation sites is 2. The zero-order valence-corrected chi connectivity index (χ0v) is 63.9. The fourth-order valence-electron chi connectivity index (χ4n) is 16.9. The molecule has 0 fully saturated rings. The van der Waals surface area contributed by atoms with Crippen LogP contribution in [0.25, 0.3) is 173 Å². The topological polar surface area (TPSA) is 6.48 Å². The second kappa shape index (κ2) is 29.2. The van der Waals surface area contributed by atoms with Crippen molar-refractivity contribution in [1.29, 1.82) is 0 Å². The van der Waals surface area contributed by atoms with Crippen LogP contribution in [0.2, 0.25) is 0 Å². The SMILES string of the molecule is c1ccc(-c2ccc(-c3ccc(N(c4ccc(-c5ccc(-c6ccc7ccc(-c8cccc9c8sc8c(-c%10ccccc%10N(c%10ccc(-c%11ccc(-c%12ccccc%12)cc%11)cc%10)c%10ccc(-c%11ccc%12ccccc%12c%11)cc%10)cccc89)cc7c6)cc5)cc4)c4ccccc4-c4cccc5c4sc4ccccc45)cc3)cc2)cc1. The number of anilines is 6. The van der Waals surface area contributed by atoms with E-state index in [0.29, 0.717) is 0 Å². The Labute approximate surface area is 671 Å². The maximum absolute atomic E-state index is 2.44. The smallest absolute Gasteiger partial charge is 0.0540 e. The van der Waals surface area contributed by atoms with Crippen LogP contribution in [0, 0.1) is 0 Å². The summed E-state index contributed by atoms with van der Waals surface area (Å²) in [7, 11) is 0. The Bertz CT molecular complexity index is 7150. The number of hydrogen-bond acceptors (Lipinski definition) is 4. The third kappa shape index (κ3) is 12.7. The molecule has 0 N–H and O–H groups in total. The molecule has 0 aliphatic rings. The molecular formula is C110H72N2S2. The van der Waals surface area contributed by atoms with Gasteiger partial charge in [-0.2, -0.15) is 0 Å². The molecular weight excluding hydrogens is 1410 g/mol. The van der Waals surface area contributed by atoms with Gasteiger partial charge in [-0.3, -0.25) is 0 Å². The van der Waals surface area contributed by atoms with E-state index in [-0.39, 0.29) is 0 Å². The van der Waals surface area contributed by atoms with Gasteiger partial charge in [0.2, 0.25) is 0 Å². The maximum Gasteiger partial charge on any atom is 0.0540 e. The molecule has 4 heteroatoms. The molecule has 2 nitrogen and oxygen atoms in total. The summed E-state index contributed by atoms with van der Waals surface area (Å²) in [6, 6.07) is 161. The molecule has 0 radical (unpaired) electrons. The standard InChI is InChI=1S/C110H72N2S2/c1-3-18-73(19-4-1)76-36-40-78(41-37-76)81-54-62-92(63-55-81)111(105-33-12-9-24-97(105)100-28-16-30-102-99-26-11-14-35-107(99)113-109(100)102)93-66-58-83(59-67-93)80-44-46-84(47-45-80)89-52-49-86-50-53-90(72-91(86)71-89)96-27-15-31-103-104-32-17-29-101(110(104)114-108(96)103)98-25-10-13-34-106(98)112(95-68-60-85(61-69-95)88-51-48-75-22-7-8-23-87(75)70-88)94-64-56-82(57-65-94)79-42-38-77(39-43-79)74-20-5-2-6-21-74/h1-72H. The van der Waals surface area contributed by atoms with Crippen molar-refractivity contribution in [2.45, 2.75) is 0 Å². The van der Waals surface area contributed by atoms with Gasteiger partial charge in [0.05, 0.1) is 11.4 Å². The Morgan fingerprint density at radius 3 is 0.868 bits per heavy atom. The molecule has 534 valence electrons. The highest BCUT2D eigenvalue weighted by molar-refractivity contribution is 7.27. The highest BCUT2D eigenvalue weighted by atomic mass is 32.1. The summed E-state index contributed by atoms with van der Waals surface area (Å²) in [6.07, 6.45) is 0. The van der Waals surface area contributed by atoms with Crippen molar-refractivity contribution in [3.8, 4) is 111 Å². The van der Waals surface area contributed by atoms with E-state index in [9.17, 15) is 0 Å². The number of benzene rings is 19. The Morgan fingerprint density at radius 1 is 0.149 bits per heavy atom. The van der Waals surface area contributed by atoms with E-state index in [1.165, 1.54) is 156 Å². The molecule has 0 atom stereocenters. The van der Waals surface area contributed by atoms with Gasteiger partial charge in [0, 0.05) is 85.3 Å². The van der Waals surface area contributed by atoms with Crippen LogP contribution in [0.5, 0.6) is 0 Å². The number of nitrogens with zero attached hydrogens (tertiary/aromatic N) is 2. The summed E-state index contributed by atoms with van der Waals surface area (Å²) in [4.78, 5) is 4.87. The third-order valence-electron chi connectivity index (χ3n) is 22.7. The highest BCUT2D eigenvalue weighted by Crippen LogP contribution is 2.51. The van der Waals surface area contributed by atoms with Gasteiger partial charge in [0.1, 0.15) is 0 Å². The van der Waals surface area contributed by atoms with Gasteiger partial charge in [-0.25, -0.2) is 0 Å². The second-order valence-electron chi connectivity index (χ2n) is 29.4. The van der Waals surface area contributed by atoms with Gasteiger partial charge < -0.3 is 9.80 Å². The summed E-state index contributed by atoms with van der Waals surface area (Å²) >= 11 is 3.77. The van der Waals surface area contributed by atoms with E-state index in [4.69, 9.17) is 0 Å². The Morgan fingerprint density at radius 2 is 0.421 bits per heavy atom. The fourth-order valence-corrected chi connectivity index (χ4v) is 19.5. The van der Waals surface area contributed by atoms with Crippen LogP contribution in [0.3, 0.4) is 0 Å². The van der Waals surface area contributed by atoms with Crippen LogP contribution < -0.4 is 9.80 Å². The first kappa shape index (κ1) is 67.8. The number of rotatable bonds is 16. The van der Waals surface area contributed by atoms with E-state index < -0.39 is 0 Å². The number of hydrogen-bond donors (Lipinski definition) is 0. The molecule has 0 saturated carbocycles. The van der Waals surface area contributed by atoms with Gasteiger partial charge in [-0.1, -0.05) is 352 Å². The molecule has 0 unspecified atom stereocenters. The predicted octanol–water partition coefficient (Wildman–Crippen LogP) is 32.3. The number of fused-ring (bicyclic) bond motifs is 8. The molecule has 114 heavy (non-hydrogen) atoms. The van der Waals surface area contributed by atoms with Crippen molar-refractivity contribution < 1.29 is 0 Å². The molecule has 2 aromatic heterocycles. The molecule has 21 rings (SSSR count). The normalized spacial score (nSPS) is 11.5. The van der Waals surface area contributed by atoms with Gasteiger partial charge in [-0.15, -0.1) is 22.7 Å². The molecule has 0 amide bonds. The first-order valence-corrected chi connectivity index (χ1v) is 40.6. The monoisotopic (exact) mass is 1480 g/mol. The van der Waals surface area contributed by atoms with Crippen LogP contribution >= 0.6 is 22.7 Å². The minimum atomic E-state index is 1.08. The van der Waals surface area contributed by atoms with Crippen molar-refractivity contribution in [2.75, 3.05) is 9.80 Å². The maximum atomic E-state index is 2.44.